The Labute approximate surface area is 105 Å². The Balaban J connectivity index is 2.51. The van der Waals surface area contributed by atoms with Crippen LogP contribution in [0.25, 0.3) is 0 Å². The zero-order chi connectivity index (χ0) is 12.7. The van der Waals surface area contributed by atoms with Crippen LogP contribution in [0.15, 0.2) is 12.1 Å². The van der Waals surface area contributed by atoms with Crippen molar-refractivity contribution in [3.8, 4) is 5.75 Å². The van der Waals surface area contributed by atoms with Crippen LogP contribution < -0.4 is 15.4 Å². The molecule has 0 fully saturated rings. The van der Waals surface area contributed by atoms with Crippen molar-refractivity contribution in [1.82, 2.24) is 10.6 Å². The predicted molar refractivity (Wildman–Crippen MR) is 73.0 cm³/mol. The van der Waals surface area contributed by atoms with Crippen LogP contribution in [0, 0.1) is 13.8 Å². The topological polar surface area (TPSA) is 33.3 Å². The number of aryl methyl sites for hydroxylation is 2. The van der Waals surface area contributed by atoms with Gasteiger partial charge in [-0.25, -0.2) is 0 Å². The number of ether oxygens (including phenoxy) is 1. The van der Waals surface area contributed by atoms with E-state index in [9.17, 15) is 0 Å². The van der Waals surface area contributed by atoms with Gasteiger partial charge in [0.1, 0.15) is 5.75 Å². The average molecular weight is 236 g/mol. The number of hydrogen-bond acceptors (Lipinski definition) is 3. The van der Waals surface area contributed by atoms with Crippen LogP contribution >= 0.6 is 0 Å². The third kappa shape index (κ3) is 4.36. The fourth-order valence-corrected chi connectivity index (χ4v) is 1.90. The highest BCUT2D eigenvalue weighted by atomic mass is 16.5. The van der Waals surface area contributed by atoms with Gasteiger partial charge in [0, 0.05) is 13.1 Å². The van der Waals surface area contributed by atoms with Crippen LogP contribution in [-0.4, -0.2) is 33.8 Å². The first kappa shape index (κ1) is 14.0. The van der Waals surface area contributed by atoms with E-state index in [2.05, 4.69) is 36.6 Å². The van der Waals surface area contributed by atoms with Gasteiger partial charge in [0.25, 0.3) is 0 Å². The Morgan fingerprint density at radius 2 is 1.82 bits per heavy atom. The lowest BCUT2D eigenvalue weighted by Gasteiger charge is -2.11. The van der Waals surface area contributed by atoms with Gasteiger partial charge in [0.15, 0.2) is 0 Å². The number of likely N-dealkylation sites (N-methyl/N-ethyl adjacent to an activating group) is 1. The molecule has 1 aromatic rings. The Bertz CT molecular complexity index is 350. The van der Waals surface area contributed by atoms with E-state index < -0.39 is 0 Å². The summed E-state index contributed by atoms with van der Waals surface area (Å²) in [5.41, 5.74) is 3.92. The molecular weight excluding hydrogens is 212 g/mol. The Hall–Kier alpha value is -1.06. The number of rotatable bonds is 7. The maximum Gasteiger partial charge on any atom is 0.122 e. The molecule has 0 atom stereocenters. The van der Waals surface area contributed by atoms with E-state index in [0.717, 1.165) is 31.8 Å². The van der Waals surface area contributed by atoms with Gasteiger partial charge in [0.2, 0.25) is 0 Å². The first-order valence-corrected chi connectivity index (χ1v) is 6.18. The highest BCUT2D eigenvalue weighted by molar-refractivity contribution is 5.41. The minimum absolute atomic E-state index is 0.981. The lowest BCUT2D eigenvalue weighted by molar-refractivity contribution is 0.411. The molecule has 17 heavy (non-hydrogen) atoms. The molecule has 0 saturated carbocycles. The van der Waals surface area contributed by atoms with Crippen molar-refractivity contribution in [3.63, 3.8) is 0 Å². The largest absolute Gasteiger partial charge is 0.496 e. The van der Waals surface area contributed by atoms with Crippen LogP contribution in [-0.2, 0) is 6.42 Å². The molecular formula is C14H24N2O. The van der Waals surface area contributed by atoms with E-state index in [4.69, 9.17) is 4.74 Å². The summed E-state index contributed by atoms with van der Waals surface area (Å²) >= 11 is 0. The molecule has 0 unspecified atom stereocenters. The van der Waals surface area contributed by atoms with Crippen LogP contribution in [0.4, 0.5) is 0 Å². The van der Waals surface area contributed by atoms with Gasteiger partial charge in [-0.15, -0.1) is 0 Å². The van der Waals surface area contributed by atoms with Crippen molar-refractivity contribution in [2.75, 3.05) is 33.8 Å². The second kappa shape index (κ2) is 7.30. The Kier molecular flexibility index (Phi) is 6.01. The summed E-state index contributed by atoms with van der Waals surface area (Å²) in [6.45, 7) is 7.29. The highest BCUT2D eigenvalue weighted by Gasteiger charge is 2.04. The van der Waals surface area contributed by atoms with Crippen molar-refractivity contribution in [1.29, 1.82) is 0 Å². The highest BCUT2D eigenvalue weighted by Crippen LogP contribution is 2.22. The quantitative estimate of drug-likeness (QED) is 0.707. The number of benzene rings is 1. The number of methoxy groups -OCH3 is 1. The van der Waals surface area contributed by atoms with Crippen molar-refractivity contribution in [3.05, 3.63) is 28.8 Å². The van der Waals surface area contributed by atoms with Gasteiger partial charge in [-0.05, 0) is 56.6 Å². The van der Waals surface area contributed by atoms with Gasteiger partial charge in [-0.1, -0.05) is 6.07 Å². The molecule has 0 amide bonds. The minimum Gasteiger partial charge on any atom is -0.496 e. The Morgan fingerprint density at radius 1 is 1.06 bits per heavy atom. The molecule has 0 heterocycles. The summed E-state index contributed by atoms with van der Waals surface area (Å²) in [6.07, 6.45) is 1.07. The summed E-state index contributed by atoms with van der Waals surface area (Å²) in [7, 11) is 3.69. The van der Waals surface area contributed by atoms with Gasteiger partial charge >= 0.3 is 0 Å². The SMILES string of the molecule is CNCCNCCc1cc(C)c(OC)cc1C. The fourth-order valence-electron chi connectivity index (χ4n) is 1.90. The summed E-state index contributed by atoms with van der Waals surface area (Å²) < 4.78 is 5.31. The van der Waals surface area contributed by atoms with Crippen LogP contribution in [0.3, 0.4) is 0 Å². The van der Waals surface area contributed by atoms with Gasteiger partial charge in [0.05, 0.1) is 7.11 Å². The molecule has 0 aromatic heterocycles. The average Bonchev–Trinajstić information content (AvgIpc) is 2.32. The first-order valence-electron chi connectivity index (χ1n) is 6.18. The fraction of sp³-hybridized carbons (Fsp3) is 0.571. The molecule has 3 nitrogen and oxygen atoms in total. The molecule has 0 aliphatic heterocycles. The summed E-state index contributed by atoms with van der Waals surface area (Å²) in [4.78, 5) is 0. The van der Waals surface area contributed by atoms with E-state index in [1.807, 2.05) is 7.05 Å². The lowest BCUT2D eigenvalue weighted by atomic mass is 10.0. The summed E-state index contributed by atoms with van der Waals surface area (Å²) in [5.74, 6) is 0.981. The monoisotopic (exact) mass is 236 g/mol. The molecule has 1 rings (SSSR count). The molecule has 0 aliphatic carbocycles. The molecule has 3 heteroatoms. The molecule has 0 spiro atoms. The number of nitrogens with one attached hydrogen (secondary N) is 2. The minimum atomic E-state index is 0.981. The third-order valence-electron chi connectivity index (χ3n) is 2.98. The molecule has 0 aliphatic rings. The molecule has 0 saturated heterocycles. The standard InChI is InChI=1S/C14H24N2O/c1-11-10-14(17-4)12(2)9-13(11)5-6-16-8-7-15-3/h9-10,15-16H,5-8H2,1-4H3. The van der Waals surface area contributed by atoms with Gasteiger partial charge in [-0.2, -0.15) is 0 Å². The Morgan fingerprint density at radius 3 is 2.47 bits per heavy atom. The molecule has 0 radical (unpaired) electrons. The lowest BCUT2D eigenvalue weighted by Crippen LogP contribution is -2.26. The molecule has 0 bridgehead atoms. The normalized spacial score (nSPS) is 10.6. The molecule has 1 aromatic carbocycles. The maximum absolute atomic E-state index is 5.31. The molecule has 96 valence electrons. The van der Waals surface area contributed by atoms with E-state index in [-0.39, 0.29) is 0 Å². The van der Waals surface area contributed by atoms with E-state index >= 15 is 0 Å². The zero-order valence-electron chi connectivity index (χ0n) is 11.4. The number of hydrogen-bond donors (Lipinski definition) is 2. The summed E-state index contributed by atoms with van der Waals surface area (Å²) in [5, 5.41) is 6.54. The van der Waals surface area contributed by atoms with E-state index in [1.54, 1.807) is 7.11 Å². The predicted octanol–water partition coefficient (Wildman–Crippen LogP) is 1.66. The van der Waals surface area contributed by atoms with Crippen LogP contribution in [0.2, 0.25) is 0 Å². The van der Waals surface area contributed by atoms with Crippen LogP contribution in [0.5, 0.6) is 5.75 Å². The van der Waals surface area contributed by atoms with Crippen molar-refractivity contribution >= 4 is 0 Å². The van der Waals surface area contributed by atoms with Gasteiger partial charge in [-0.3, -0.25) is 0 Å². The first-order chi connectivity index (χ1) is 8.19. The van der Waals surface area contributed by atoms with E-state index in [1.165, 1.54) is 16.7 Å². The smallest absolute Gasteiger partial charge is 0.122 e. The van der Waals surface area contributed by atoms with Gasteiger partial charge < -0.3 is 15.4 Å². The van der Waals surface area contributed by atoms with Crippen molar-refractivity contribution in [2.24, 2.45) is 0 Å². The van der Waals surface area contributed by atoms with E-state index in [0.29, 0.717) is 0 Å². The van der Waals surface area contributed by atoms with Crippen molar-refractivity contribution < 1.29 is 4.74 Å². The third-order valence-corrected chi connectivity index (χ3v) is 2.98. The van der Waals surface area contributed by atoms with Crippen LogP contribution in [0.1, 0.15) is 16.7 Å². The second-order valence-electron chi connectivity index (χ2n) is 4.35. The second-order valence-corrected chi connectivity index (χ2v) is 4.35. The summed E-state index contributed by atoms with van der Waals surface area (Å²) in [6, 6.07) is 4.35. The molecule has 2 N–H and O–H groups in total. The zero-order valence-corrected chi connectivity index (χ0v) is 11.4. The maximum atomic E-state index is 5.31. The van der Waals surface area contributed by atoms with Crippen molar-refractivity contribution in [2.45, 2.75) is 20.3 Å².